The molecule has 1 unspecified atom stereocenters. The van der Waals surface area contributed by atoms with Gasteiger partial charge in [-0.15, -0.1) is 12.4 Å². The molecule has 4 fully saturated rings. The largest absolute Gasteiger partial charge is 0.478 e. The molecule has 5 rings (SSSR count). The lowest BCUT2D eigenvalue weighted by Gasteiger charge is -2.57. The second-order valence-corrected chi connectivity index (χ2v) is 9.85. The number of hydrogen-bond donors (Lipinski definition) is 1. The van der Waals surface area contributed by atoms with Crippen LogP contribution in [0.1, 0.15) is 63.5 Å². The van der Waals surface area contributed by atoms with Crippen LogP contribution < -0.4 is 5.32 Å². The van der Waals surface area contributed by atoms with E-state index >= 15 is 0 Å². The summed E-state index contributed by atoms with van der Waals surface area (Å²) in [5.41, 5.74) is 1.34. The smallest absolute Gasteiger partial charge is 0.160 e. The van der Waals surface area contributed by atoms with Crippen LogP contribution in [0.3, 0.4) is 0 Å². The van der Waals surface area contributed by atoms with E-state index in [2.05, 4.69) is 5.32 Å². The summed E-state index contributed by atoms with van der Waals surface area (Å²) >= 11 is 17.7. The van der Waals surface area contributed by atoms with Crippen molar-refractivity contribution < 1.29 is 4.74 Å². The molecule has 1 N–H and O–H groups in total. The third-order valence-corrected chi connectivity index (χ3v) is 7.70. The lowest BCUT2D eigenvalue weighted by atomic mass is 9.53. The first-order valence-corrected chi connectivity index (χ1v) is 11.0. The van der Waals surface area contributed by atoms with Crippen LogP contribution in [0, 0.1) is 17.8 Å². The van der Waals surface area contributed by atoms with Gasteiger partial charge in [-0.05, 0) is 86.2 Å². The zero-order chi connectivity index (χ0) is 18.3. The Bertz CT molecular complexity index is 661. The molecule has 4 aliphatic carbocycles. The van der Waals surface area contributed by atoms with Crippen molar-refractivity contribution in [3.8, 4) is 0 Å². The van der Waals surface area contributed by atoms with Gasteiger partial charge in [-0.3, -0.25) is 0 Å². The van der Waals surface area contributed by atoms with Crippen LogP contribution >= 0.6 is 47.8 Å². The molecule has 27 heavy (non-hydrogen) atoms. The van der Waals surface area contributed by atoms with Crippen LogP contribution in [0.4, 0.5) is 0 Å². The molecule has 0 aliphatic heterocycles. The number of halogens is 3. The first kappa shape index (κ1) is 21.6. The molecule has 0 amide bonds. The van der Waals surface area contributed by atoms with Crippen molar-refractivity contribution in [1.82, 2.24) is 5.32 Å². The molecule has 1 aromatic rings. The number of hydrogen-bond acceptors (Lipinski definition) is 3. The van der Waals surface area contributed by atoms with Gasteiger partial charge in [0.2, 0.25) is 0 Å². The highest BCUT2D eigenvalue weighted by molar-refractivity contribution is 7.80. The van der Waals surface area contributed by atoms with Crippen LogP contribution in [0.25, 0.3) is 0 Å². The molecule has 4 saturated carbocycles. The van der Waals surface area contributed by atoms with E-state index in [1.807, 2.05) is 25.1 Å². The van der Waals surface area contributed by atoms with Gasteiger partial charge in [-0.25, -0.2) is 0 Å². The molecular formula is C21H28Cl3NOS. The van der Waals surface area contributed by atoms with Gasteiger partial charge in [0.25, 0.3) is 0 Å². The minimum atomic E-state index is -0.120. The lowest BCUT2D eigenvalue weighted by Crippen LogP contribution is -2.59. The number of rotatable bonds is 6. The van der Waals surface area contributed by atoms with Crippen LogP contribution in [0.2, 0.25) is 10.0 Å². The monoisotopic (exact) mass is 447 g/mol. The average Bonchev–Trinajstić information content (AvgIpc) is 2.59. The Labute approximate surface area is 184 Å². The zero-order valence-electron chi connectivity index (χ0n) is 15.7. The standard InChI is InChI=1S/C21H27Cl2NOS.ClH/c1-2-20(26)25-19(16-3-4-17(22)18(23)8-16)12-24-21-9-13-5-14(10-21)7-15(6-13)11-21;/h3-4,8,13-15,19,24H,2,5-7,9-12H2,1H3;1H. The normalized spacial score (nSPS) is 32.0. The van der Waals surface area contributed by atoms with Crippen molar-refractivity contribution in [3.63, 3.8) is 0 Å². The van der Waals surface area contributed by atoms with Crippen molar-refractivity contribution in [3.05, 3.63) is 33.8 Å². The van der Waals surface area contributed by atoms with E-state index in [1.54, 1.807) is 0 Å². The maximum Gasteiger partial charge on any atom is 0.160 e. The molecular weight excluding hydrogens is 421 g/mol. The molecule has 0 radical (unpaired) electrons. The number of nitrogens with one attached hydrogen (secondary N) is 1. The molecule has 2 nitrogen and oxygen atoms in total. The number of benzene rings is 1. The number of thiocarbonyl (C=S) groups is 1. The molecule has 1 atom stereocenters. The lowest BCUT2D eigenvalue weighted by molar-refractivity contribution is -0.0241. The van der Waals surface area contributed by atoms with Gasteiger partial charge in [0.1, 0.15) is 6.10 Å². The summed E-state index contributed by atoms with van der Waals surface area (Å²) in [5.74, 6) is 2.78. The van der Waals surface area contributed by atoms with E-state index < -0.39 is 0 Å². The Morgan fingerprint density at radius 2 is 1.74 bits per heavy atom. The maximum atomic E-state index is 6.24. The Morgan fingerprint density at radius 3 is 2.26 bits per heavy atom. The fraction of sp³-hybridized carbons (Fsp3) is 0.667. The van der Waals surface area contributed by atoms with Gasteiger partial charge in [0.15, 0.2) is 5.05 Å². The fourth-order valence-corrected chi connectivity index (χ4v) is 6.24. The third-order valence-electron chi connectivity index (χ3n) is 6.58. The van der Waals surface area contributed by atoms with Crippen LogP contribution in [-0.2, 0) is 4.74 Å². The highest BCUT2D eigenvalue weighted by Crippen LogP contribution is 2.55. The Balaban J connectivity index is 0.00000210. The van der Waals surface area contributed by atoms with E-state index in [0.29, 0.717) is 20.6 Å². The second-order valence-electron chi connectivity index (χ2n) is 8.58. The quantitative estimate of drug-likeness (QED) is 0.485. The van der Waals surface area contributed by atoms with Crippen LogP contribution in [-0.4, -0.2) is 17.1 Å². The topological polar surface area (TPSA) is 21.3 Å². The summed E-state index contributed by atoms with van der Waals surface area (Å²) in [6, 6.07) is 5.75. The molecule has 0 spiro atoms. The van der Waals surface area contributed by atoms with Gasteiger partial charge >= 0.3 is 0 Å². The summed E-state index contributed by atoms with van der Waals surface area (Å²) in [6.45, 7) is 2.80. The second kappa shape index (κ2) is 8.75. The highest BCUT2D eigenvalue weighted by Gasteiger charge is 2.50. The van der Waals surface area contributed by atoms with Gasteiger partial charge < -0.3 is 10.1 Å². The predicted octanol–water partition coefficient (Wildman–Crippen LogP) is 6.77. The molecule has 4 bridgehead atoms. The fourth-order valence-electron chi connectivity index (χ4n) is 5.82. The van der Waals surface area contributed by atoms with Crippen LogP contribution in [0.5, 0.6) is 0 Å². The third kappa shape index (κ3) is 4.75. The van der Waals surface area contributed by atoms with E-state index in [9.17, 15) is 0 Å². The summed E-state index contributed by atoms with van der Waals surface area (Å²) in [6.07, 6.45) is 8.95. The summed E-state index contributed by atoms with van der Waals surface area (Å²) in [5, 5.41) is 5.71. The summed E-state index contributed by atoms with van der Waals surface area (Å²) < 4.78 is 6.11. The highest BCUT2D eigenvalue weighted by atomic mass is 35.5. The Hall–Kier alpha value is -0.0600. The number of ether oxygens (including phenoxy) is 1. The van der Waals surface area contributed by atoms with Crippen molar-refractivity contribution in [1.29, 1.82) is 0 Å². The molecule has 6 heteroatoms. The van der Waals surface area contributed by atoms with Crippen molar-refractivity contribution in [2.45, 2.75) is 63.5 Å². The minimum Gasteiger partial charge on any atom is -0.478 e. The average molecular weight is 449 g/mol. The summed E-state index contributed by atoms with van der Waals surface area (Å²) in [4.78, 5) is 0. The van der Waals surface area contributed by atoms with Crippen molar-refractivity contribution in [2.75, 3.05) is 6.54 Å². The zero-order valence-corrected chi connectivity index (χ0v) is 18.8. The van der Waals surface area contributed by atoms with Crippen molar-refractivity contribution >= 4 is 52.9 Å². The van der Waals surface area contributed by atoms with Gasteiger partial charge in [0.05, 0.1) is 10.0 Å². The van der Waals surface area contributed by atoms with Gasteiger partial charge in [-0.1, -0.05) is 36.2 Å². The molecule has 0 heterocycles. The van der Waals surface area contributed by atoms with E-state index in [0.717, 1.165) is 36.3 Å². The minimum absolute atomic E-state index is 0. The summed E-state index contributed by atoms with van der Waals surface area (Å²) in [7, 11) is 0. The van der Waals surface area contributed by atoms with E-state index in [1.165, 1.54) is 38.5 Å². The van der Waals surface area contributed by atoms with E-state index in [4.69, 9.17) is 40.2 Å². The van der Waals surface area contributed by atoms with Crippen LogP contribution in [0.15, 0.2) is 18.2 Å². The Morgan fingerprint density at radius 1 is 1.15 bits per heavy atom. The molecule has 0 saturated heterocycles. The van der Waals surface area contributed by atoms with Gasteiger partial charge in [-0.2, -0.15) is 0 Å². The SMILES string of the molecule is CCC(=S)OC(CNC12CC3CC(CC(C3)C1)C2)c1ccc(Cl)c(Cl)c1.Cl. The van der Waals surface area contributed by atoms with Crippen molar-refractivity contribution in [2.24, 2.45) is 17.8 Å². The molecule has 1 aromatic carbocycles. The van der Waals surface area contributed by atoms with E-state index in [-0.39, 0.29) is 18.5 Å². The molecule has 150 valence electrons. The molecule has 0 aromatic heterocycles. The Kier molecular flexibility index (Phi) is 7.01. The first-order valence-electron chi connectivity index (χ1n) is 9.86. The molecule has 4 aliphatic rings. The predicted molar refractivity (Wildman–Crippen MR) is 119 cm³/mol. The van der Waals surface area contributed by atoms with Gasteiger partial charge in [0, 0.05) is 18.5 Å². The first-order chi connectivity index (χ1) is 12.5. The maximum absolute atomic E-state index is 6.24.